The first-order valence-electron chi connectivity index (χ1n) is 11.1. The predicted octanol–water partition coefficient (Wildman–Crippen LogP) is 4.82. The van der Waals surface area contributed by atoms with Crippen LogP contribution in [-0.2, 0) is 24.2 Å². The molecule has 0 fully saturated rings. The number of anilines is 1. The van der Waals surface area contributed by atoms with Gasteiger partial charge in [-0.2, -0.15) is 10.2 Å². The summed E-state index contributed by atoms with van der Waals surface area (Å²) in [5.41, 5.74) is 4.14. The van der Waals surface area contributed by atoms with Crippen molar-refractivity contribution in [1.82, 2.24) is 25.0 Å². The van der Waals surface area contributed by atoms with Crippen molar-refractivity contribution in [2.75, 3.05) is 11.4 Å². The highest BCUT2D eigenvalue weighted by Gasteiger charge is 2.29. The average Bonchev–Trinajstić information content (AvgIpc) is 3.58. The summed E-state index contributed by atoms with van der Waals surface area (Å²) >= 11 is 2.77. The van der Waals surface area contributed by atoms with Crippen LogP contribution in [-0.4, -0.2) is 47.3 Å². The molecule has 2 N–H and O–H groups in total. The molecule has 10 heteroatoms. The number of thioether (sulfide) groups is 1. The number of rotatable bonds is 11. The highest BCUT2D eigenvalue weighted by atomic mass is 32.2. The Morgan fingerprint density at radius 1 is 1.29 bits per heavy atom. The van der Waals surface area contributed by atoms with Gasteiger partial charge in [0.15, 0.2) is 10.2 Å². The number of aliphatic carboxylic acids is 1. The number of nitrogens with one attached hydrogen (secondary N) is 1. The van der Waals surface area contributed by atoms with E-state index < -0.39 is 10.7 Å². The maximum atomic E-state index is 11.4. The molecule has 0 aliphatic rings. The van der Waals surface area contributed by atoms with Crippen LogP contribution in [0.5, 0.6) is 0 Å². The van der Waals surface area contributed by atoms with Crippen LogP contribution in [0.25, 0.3) is 5.69 Å². The van der Waals surface area contributed by atoms with Crippen molar-refractivity contribution < 1.29 is 9.90 Å². The van der Waals surface area contributed by atoms with E-state index in [-0.39, 0.29) is 0 Å². The highest BCUT2D eigenvalue weighted by Crippen LogP contribution is 2.34. The third-order valence-corrected chi connectivity index (χ3v) is 7.55. The molecule has 4 aromatic rings. The van der Waals surface area contributed by atoms with Crippen LogP contribution in [0.3, 0.4) is 0 Å². The molecule has 0 bridgehead atoms. The van der Waals surface area contributed by atoms with Gasteiger partial charge in [0, 0.05) is 48.4 Å². The van der Waals surface area contributed by atoms with Crippen molar-refractivity contribution in [3.05, 3.63) is 71.1 Å². The number of carbonyl (C=O) groups is 1. The number of benzene rings is 1. The monoisotopic (exact) mass is 496 g/mol. The Labute approximate surface area is 207 Å². The maximum Gasteiger partial charge on any atom is 0.319 e. The molecule has 3 heterocycles. The minimum absolute atomic E-state index is 0.665. The summed E-state index contributed by atoms with van der Waals surface area (Å²) in [4.78, 5) is 18.3. The molecule has 0 saturated carbocycles. The smallest absolute Gasteiger partial charge is 0.319 e. The van der Waals surface area contributed by atoms with E-state index in [1.54, 1.807) is 13.8 Å². The van der Waals surface area contributed by atoms with Gasteiger partial charge in [-0.15, -0.1) is 11.3 Å². The second-order valence-electron chi connectivity index (χ2n) is 8.43. The van der Waals surface area contributed by atoms with Crippen LogP contribution in [0, 0.1) is 0 Å². The van der Waals surface area contributed by atoms with E-state index in [1.165, 1.54) is 23.1 Å². The van der Waals surface area contributed by atoms with E-state index in [4.69, 9.17) is 0 Å². The predicted molar refractivity (Wildman–Crippen MR) is 136 cm³/mol. The average molecular weight is 497 g/mol. The molecule has 178 valence electrons. The van der Waals surface area contributed by atoms with Crippen molar-refractivity contribution in [1.29, 1.82) is 0 Å². The molecule has 1 aromatic carbocycles. The molecule has 0 aliphatic heterocycles. The lowest BCUT2D eigenvalue weighted by atomic mass is 10.2. The third kappa shape index (κ3) is 5.87. The number of H-pyrrole nitrogens is 1. The van der Waals surface area contributed by atoms with Crippen LogP contribution in [0.2, 0.25) is 0 Å². The van der Waals surface area contributed by atoms with Gasteiger partial charge in [-0.25, -0.2) is 9.67 Å². The summed E-state index contributed by atoms with van der Waals surface area (Å²) in [6.45, 7) is 6.88. The standard InChI is InChI=1S/C24H28N6O2S2/c1-4-18-12-21(28-27-18)29(14-17-13-25-30(15-17)20-8-6-5-7-9-20)11-10-19-16-33-23(26-19)34-24(2,3)22(31)32/h5-9,12-13,15-16H,4,10-11,14H2,1-3H3,(H,27,28)(H,31,32). The minimum Gasteiger partial charge on any atom is -0.480 e. The number of thiazole rings is 1. The topological polar surface area (TPSA) is 99.9 Å². The van der Waals surface area contributed by atoms with Crippen LogP contribution in [0.1, 0.15) is 37.7 Å². The molecule has 0 radical (unpaired) electrons. The molecule has 34 heavy (non-hydrogen) atoms. The molecule has 0 amide bonds. The highest BCUT2D eigenvalue weighted by molar-refractivity contribution is 8.02. The number of para-hydroxylation sites is 1. The Bertz CT molecular complexity index is 1230. The first-order chi connectivity index (χ1) is 16.3. The van der Waals surface area contributed by atoms with Crippen LogP contribution >= 0.6 is 23.1 Å². The Morgan fingerprint density at radius 3 is 2.79 bits per heavy atom. The second kappa shape index (κ2) is 10.4. The summed E-state index contributed by atoms with van der Waals surface area (Å²) in [7, 11) is 0. The van der Waals surface area contributed by atoms with Gasteiger partial charge in [-0.3, -0.25) is 9.89 Å². The van der Waals surface area contributed by atoms with Gasteiger partial charge in [0.2, 0.25) is 0 Å². The number of carboxylic acid groups (broad SMARTS) is 1. The molecule has 0 atom stereocenters. The van der Waals surface area contributed by atoms with Gasteiger partial charge >= 0.3 is 5.97 Å². The summed E-state index contributed by atoms with van der Waals surface area (Å²) in [5.74, 6) is 0.0443. The number of aromatic nitrogens is 5. The number of aromatic amines is 1. The lowest BCUT2D eigenvalue weighted by molar-refractivity contribution is -0.138. The fourth-order valence-corrected chi connectivity index (χ4v) is 5.54. The SMILES string of the molecule is CCc1cc(N(CCc2csc(SC(C)(C)C(=O)O)n2)Cc2cnn(-c3ccccc3)c2)n[nH]1. The van der Waals surface area contributed by atoms with Crippen molar-refractivity contribution in [2.24, 2.45) is 0 Å². The van der Waals surface area contributed by atoms with E-state index in [0.717, 1.165) is 52.2 Å². The Hall–Kier alpha value is -3.11. The normalized spacial score (nSPS) is 11.6. The fraction of sp³-hybridized carbons (Fsp3) is 0.333. The molecule has 0 saturated heterocycles. The number of carboxylic acids is 1. The van der Waals surface area contributed by atoms with Gasteiger partial charge in [-0.05, 0) is 32.4 Å². The fourth-order valence-electron chi connectivity index (χ4n) is 3.31. The molecule has 4 rings (SSSR count). The maximum absolute atomic E-state index is 11.4. The molecular weight excluding hydrogens is 468 g/mol. The zero-order chi connectivity index (χ0) is 24.1. The number of nitrogens with zero attached hydrogens (tertiary/aromatic N) is 5. The first-order valence-corrected chi connectivity index (χ1v) is 12.8. The Balaban J connectivity index is 1.47. The summed E-state index contributed by atoms with van der Waals surface area (Å²) < 4.78 is 1.74. The summed E-state index contributed by atoms with van der Waals surface area (Å²) in [6, 6.07) is 12.1. The van der Waals surface area contributed by atoms with Crippen LogP contribution < -0.4 is 4.90 Å². The second-order valence-corrected chi connectivity index (χ2v) is 11.2. The van der Waals surface area contributed by atoms with E-state index in [1.807, 2.05) is 52.8 Å². The zero-order valence-corrected chi connectivity index (χ0v) is 21.1. The quantitative estimate of drug-likeness (QED) is 0.287. The van der Waals surface area contributed by atoms with Gasteiger partial charge < -0.3 is 10.0 Å². The number of hydrogen-bond acceptors (Lipinski definition) is 7. The van der Waals surface area contributed by atoms with Crippen LogP contribution in [0.15, 0.2) is 58.5 Å². The summed E-state index contributed by atoms with van der Waals surface area (Å²) in [6.07, 6.45) is 5.55. The molecule has 0 aliphatic carbocycles. The van der Waals surface area contributed by atoms with Crippen molar-refractivity contribution in [3.63, 3.8) is 0 Å². The third-order valence-electron chi connectivity index (χ3n) is 5.38. The Kier molecular flexibility index (Phi) is 7.38. The Morgan fingerprint density at radius 2 is 2.09 bits per heavy atom. The molecule has 0 unspecified atom stereocenters. The molecule has 0 spiro atoms. The van der Waals surface area contributed by atoms with Gasteiger partial charge in [-0.1, -0.05) is 36.9 Å². The molecule has 8 nitrogen and oxygen atoms in total. The molecule has 3 aromatic heterocycles. The lowest BCUT2D eigenvalue weighted by Gasteiger charge is -2.21. The van der Waals surface area contributed by atoms with Crippen LogP contribution in [0.4, 0.5) is 5.82 Å². The van der Waals surface area contributed by atoms with E-state index in [0.29, 0.717) is 6.54 Å². The number of hydrogen-bond donors (Lipinski definition) is 2. The van der Waals surface area contributed by atoms with Crippen molar-refractivity contribution >= 4 is 34.9 Å². The van der Waals surface area contributed by atoms with Gasteiger partial charge in [0.1, 0.15) is 4.75 Å². The zero-order valence-electron chi connectivity index (χ0n) is 19.4. The van der Waals surface area contributed by atoms with Gasteiger partial charge in [0.05, 0.1) is 17.6 Å². The van der Waals surface area contributed by atoms with Crippen molar-refractivity contribution in [3.8, 4) is 5.69 Å². The van der Waals surface area contributed by atoms with E-state index in [2.05, 4.69) is 38.2 Å². The summed E-state index contributed by atoms with van der Waals surface area (Å²) in [5, 5.41) is 23.5. The minimum atomic E-state index is -0.911. The van der Waals surface area contributed by atoms with E-state index >= 15 is 0 Å². The lowest BCUT2D eigenvalue weighted by Crippen LogP contribution is -2.27. The van der Waals surface area contributed by atoms with E-state index in [9.17, 15) is 9.90 Å². The first kappa shape index (κ1) is 24.0. The largest absolute Gasteiger partial charge is 0.480 e. The van der Waals surface area contributed by atoms with Gasteiger partial charge in [0.25, 0.3) is 0 Å². The molecular formula is C24H28N6O2S2. The number of aryl methyl sites for hydroxylation is 1. The van der Waals surface area contributed by atoms with Crippen molar-refractivity contribution in [2.45, 2.75) is 49.2 Å².